The van der Waals surface area contributed by atoms with Crippen LogP contribution in [0.2, 0.25) is 0 Å². The Morgan fingerprint density at radius 2 is 2.28 bits per heavy atom. The highest BCUT2D eigenvalue weighted by molar-refractivity contribution is 7.99. The molecule has 1 heterocycles. The highest BCUT2D eigenvalue weighted by atomic mass is 32.2. The van der Waals surface area contributed by atoms with Gasteiger partial charge in [0, 0.05) is 17.4 Å². The molecule has 1 rings (SSSR count). The third-order valence-corrected chi connectivity index (χ3v) is 3.27. The van der Waals surface area contributed by atoms with E-state index in [1.54, 1.807) is 17.6 Å². The number of hydrogen-bond acceptors (Lipinski definition) is 4. The Bertz CT molecular complexity index is 502. The molecule has 100 valence electrons. The fraction of sp³-hybridized carbons (Fsp3) is 0.545. The van der Waals surface area contributed by atoms with Gasteiger partial charge in [0.05, 0.1) is 0 Å². The molecule has 7 heteroatoms. The lowest BCUT2D eigenvalue weighted by Gasteiger charge is -2.07. The summed E-state index contributed by atoms with van der Waals surface area (Å²) >= 11 is 1.34. The van der Waals surface area contributed by atoms with E-state index in [1.807, 2.05) is 13.8 Å². The summed E-state index contributed by atoms with van der Waals surface area (Å²) in [5.74, 6) is -0.423. The number of aromatic amines is 1. The maximum Gasteiger partial charge on any atom is 0.344 e. The first-order chi connectivity index (χ1) is 8.47. The number of thioether (sulfide) groups is 1. The van der Waals surface area contributed by atoms with Gasteiger partial charge in [-0.2, -0.15) is 0 Å². The summed E-state index contributed by atoms with van der Waals surface area (Å²) in [5, 5.41) is 15.7. The van der Waals surface area contributed by atoms with E-state index in [2.05, 4.69) is 10.2 Å². The quantitative estimate of drug-likeness (QED) is 0.607. The number of hydrogen-bond donors (Lipinski definition) is 2. The van der Waals surface area contributed by atoms with Crippen LogP contribution in [0.5, 0.6) is 0 Å². The van der Waals surface area contributed by atoms with Gasteiger partial charge in [-0.3, -0.25) is 4.57 Å². The normalized spacial score (nSPS) is 12.1. The number of H-pyrrole nitrogens is 1. The van der Waals surface area contributed by atoms with Gasteiger partial charge in [0.1, 0.15) is 0 Å². The van der Waals surface area contributed by atoms with Crippen molar-refractivity contribution in [2.24, 2.45) is 0 Å². The Kier molecular flexibility index (Phi) is 5.21. The van der Waals surface area contributed by atoms with E-state index >= 15 is 0 Å². The molecule has 0 aromatic carbocycles. The van der Waals surface area contributed by atoms with Crippen molar-refractivity contribution in [1.82, 2.24) is 14.8 Å². The van der Waals surface area contributed by atoms with Crippen LogP contribution in [0.4, 0.5) is 0 Å². The zero-order valence-corrected chi connectivity index (χ0v) is 11.5. The van der Waals surface area contributed by atoms with Gasteiger partial charge in [0.15, 0.2) is 5.16 Å². The summed E-state index contributed by atoms with van der Waals surface area (Å²) in [5.41, 5.74) is 0.127. The van der Waals surface area contributed by atoms with E-state index in [4.69, 9.17) is 5.11 Å². The van der Waals surface area contributed by atoms with Crippen molar-refractivity contribution >= 4 is 17.7 Å². The predicted octanol–water partition coefficient (Wildman–Crippen LogP) is 1.67. The number of nitrogens with zero attached hydrogens (tertiary/aromatic N) is 2. The van der Waals surface area contributed by atoms with Crippen LogP contribution in [0.3, 0.4) is 0 Å². The molecule has 0 aliphatic heterocycles. The highest BCUT2D eigenvalue weighted by Gasteiger charge is 2.11. The summed E-state index contributed by atoms with van der Waals surface area (Å²) in [6.45, 7) is 5.58. The van der Waals surface area contributed by atoms with Gasteiger partial charge in [0.2, 0.25) is 0 Å². The Balaban J connectivity index is 2.76. The molecule has 0 radical (unpaired) electrons. The second kappa shape index (κ2) is 6.44. The minimum atomic E-state index is -0.902. The van der Waals surface area contributed by atoms with Crippen molar-refractivity contribution in [3.8, 4) is 0 Å². The molecule has 0 amide bonds. The second-order valence-electron chi connectivity index (χ2n) is 3.97. The SMILES string of the molecule is CCC(=CCSc1n[nH]c(=O)n1C(C)C)C(=O)O. The van der Waals surface area contributed by atoms with Crippen LogP contribution in [0.15, 0.2) is 21.6 Å². The van der Waals surface area contributed by atoms with Crippen molar-refractivity contribution in [2.75, 3.05) is 5.75 Å². The first-order valence-electron chi connectivity index (χ1n) is 5.69. The average molecular weight is 271 g/mol. The summed E-state index contributed by atoms with van der Waals surface area (Å²) in [7, 11) is 0. The van der Waals surface area contributed by atoms with Gasteiger partial charge < -0.3 is 5.11 Å². The lowest BCUT2D eigenvalue weighted by Crippen LogP contribution is -2.19. The van der Waals surface area contributed by atoms with E-state index in [0.29, 0.717) is 22.9 Å². The van der Waals surface area contributed by atoms with Crippen LogP contribution in [-0.4, -0.2) is 31.6 Å². The minimum absolute atomic E-state index is 0.0212. The first kappa shape index (κ1) is 14.6. The summed E-state index contributed by atoms with van der Waals surface area (Å²) in [4.78, 5) is 22.3. The van der Waals surface area contributed by atoms with Crippen LogP contribution < -0.4 is 5.69 Å². The third-order valence-electron chi connectivity index (χ3n) is 2.39. The standard InChI is InChI=1S/C11H17N3O3S/c1-4-8(9(15)16)5-6-18-11-13-12-10(17)14(11)7(2)3/h5,7H,4,6H2,1-3H3,(H,12,17)(H,15,16). The van der Waals surface area contributed by atoms with Crippen LogP contribution in [-0.2, 0) is 4.79 Å². The first-order valence-corrected chi connectivity index (χ1v) is 6.68. The molecule has 0 saturated heterocycles. The van der Waals surface area contributed by atoms with Crippen LogP contribution in [0.1, 0.15) is 33.2 Å². The van der Waals surface area contributed by atoms with Gasteiger partial charge in [-0.25, -0.2) is 14.7 Å². The number of rotatable bonds is 6. The number of carboxylic acid groups (broad SMARTS) is 1. The smallest absolute Gasteiger partial charge is 0.344 e. The lowest BCUT2D eigenvalue weighted by molar-refractivity contribution is -0.132. The Labute approximate surface area is 109 Å². The predicted molar refractivity (Wildman–Crippen MR) is 70.0 cm³/mol. The fourth-order valence-corrected chi connectivity index (χ4v) is 2.42. The molecule has 1 aromatic rings. The van der Waals surface area contributed by atoms with E-state index in [9.17, 15) is 9.59 Å². The molecule has 0 aliphatic rings. The molecule has 0 fully saturated rings. The largest absolute Gasteiger partial charge is 0.478 e. The van der Waals surface area contributed by atoms with E-state index in [-0.39, 0.29) is 11.7 Å². The van der Waals surface area contributed by atoms with E-state index in [0.717, 1.165) is 0 Å². The molecule has 0 atom stereocenters. The zero-order chi connectivity index (χ0) is 13.7. The number of aromatic nitrogens is 3. The Morgan fingerprint density at radius 3 is 2.78 bits per heavy atom. The molecule has 0 bridgehead atoms. The van der Waals surface area contributed by atoms with Crippen LogP contribution >= 0.6 is 11.8 Å². The number of carbonyl (C=O) groups is 1. The summed E-state index contributed by atoms with van der Waals surface area (Å²) in [6.07, 6.45) is 2.13. The minimum Gasteiger partial charge on any atom is -0.478 e. The molecular weight excluding hydrogens is 254 g/mol. The third kappa shape index (κ3) is 3.49. The maximum atomic E-state index is 11.5. The van der Waals surface area contributed by atoms with Crippen molar-refractivity contribution in [3.63, 3.8) is 0 Å². The van der Waals surface area contributed by atoms with E-state index < -0.39 is 5.97 Å². The van der Waals surface area contributed by atoms with Crippen LogP contribution in [0, 0.1) is 0 Å². The van der Waals surface area contributed by atoms with Gasteiger partial charge in [-0.15, -0.1) is 5.10 Å². The average Bonchev–Trinajstić information content (AvgIpc) is 2.65. The van der Waals surface area contributed by atoms with Crippen LogP contribution in [0.25, 0.3) is 0 Å². The van der Waals surface area contributed by atoms with Crippen molar-refractivity contribution in [3.05, 3.63) is 22.1 Å². The second-order valence-corrected chi connectivity index (χ2v) is 4.96. The molecule has 18 heavy (non-hydrogen) atoms. The molecule has 0 saturated carbocycles. The topological polar surface area (TPSA) is 88.0 Å². The number of aliphatic carboxylic acids is 1. The molecule has 2 N–H and O–H groups in total. The van der Waals surface area contributed by atoms with Crippen molar-refractivity contribution < 1.29 is 9.90 Å². The number of nitrogens with one attached hydrogen (secondary N) is 1. The molecule has 0 unspecified atom stereocenters. The molecule has 0 spiro atoms. The lowest BCUT2D eigenvalue weighted by atomic mass is 10.2. The molecule has 1 aromatic heterocycles. The van der Waals surface area contributed by atoms with Crippen molar-refractivity contribution in [1.29, 1.82) is 0 Å². The maximum absolute atomic E-state index is 11.5. The fourth-order valence-electron chi connectivity index (χ4n) is 1.45. The Morgan fingerprint density at radius 1 is 1.61 bits per heavy atom. The summed E-state index contributed by atoms with van der Waals surface area (Å²) in [6, 6.07) is 0.0212. The molecular formula is C11H17N3O3S. The van der Waals surface area contributed by atoms with Crippen molar-refractivity contribution in [2.45, 2.75) is 38.4 Å². The number of carboxylic acids is 1. The zero-order valence-electron chi connectivity index (χ0n) is 10.6. The Hall–Kier alpha value is -1.50. The molecule has 6 nitrogen and oxygen atoms in total. The van der Waals surface area contributed by atoms with E-state index in [1.165, 1.54) is 11.8 Å². The highest BCUT2D eigenvalue weighted by Crippen LogP contribution is 2.17. The summed E-state index contributed by atoms with van der Waals surface area (Å²) < 4.78 is 1.55. The van der Waals surface area contributed by atoms with Gasteiger partial charge in [-0.1, -0.05) is 24.8 Å². The van der Waals surface area contributed by atoms with Gasteiger partial charge in [0.25, 0.3) is 0 Å². The molecule has 0 aliphatic carbocycles. The van der Waals surface area contributed by atoms with Gasteiger partial charge in [-0.05, 0) is 20.3 Å². The monoisotopic (exact) mass is 271 g/mol. The van der Waals surface area contributed by atoms with Gasteiger partial charge >= 0.3 is 11.7 Å².